The molecule has 2 heterocycles. The van der Waals surface area contributed by atoms with Gasteiger partial charge in [0.1, 0.15) is 6.61 Å². The first-order valence-corrected chi connectivity index (χ1v) is 5.77. The van der Waals surface area contributed by atoms with Gasteiger partial charge in [-0.05, 0) is 39.8 Å². The Balaban J connectivity index is 2.06. The Bertz CT molecular complexity index is 247. The van der Waals surface area contributed by atoms with E-state index in [0.29, 0.717) is 0 Å². The number of rotatable bonds is 1. The molecule has 0 aromatic carbocycles. The number of hydrogen-bond donors (Lipinski definition) is 1. The molecule has 2 rings (SSSR count). The van der Waals surface area contributed by atoms with E-state index in [0.717, 1.165) is 32.5 Å². The van der Waals surface area contributed by atoms with Crippen LogP contribution in [0.3, 0.4) is 0 Å². The highest BCUT2D eigenvalue weighted by atomic mass is 16.5. The maximum Gasteiger partial charge on any atom is 0.248 e. The van der Waals surface area contributed by atoms with Crippen molar-refractivity contribution in [1.29, 1.82) is 0 Å². The zero-order chi connectivity index (χ0) is 10.9. The van der Waals surface area contributed by atoms with Gasteiger partial charge in [-0.25, -0.2) is 0 Å². The van der Waals surface area contributed by atoms with Crippen molar-refractivity contribution >= 4 is 5.91 Å². The van der Waals surface area contributed by atoms with Crippen LogP contribution in [-0.4, -0.2) is 48.7 Å². The van der Waals surface area contributed by atoms with Crippen LogP contribution in [0.4, 0.5) is 0 Å². The number of amides is 1. The highest BCUT2D eigenvalue weighted by molar-refractivity contribution is 5.78. The number of morpholine rings is 1. The SMILES string of the molecule is CC(C)N1CC2(CCNCC2)OCC1=O. The molecule has 15 heavy (non-hydrogen) atoms. The van der Waals surface area contributed by atoms with Crippen molar-refractivity contribution in [2.24, 2.45) is 0 Å². The van der Waals surface area contributed by atoms with E-state index in [9.17, 15) is 4.79 Å². The third kappa shape index (κ3) is 2.16. The topological polar surface area (TPSA) is 41.6 Å². The molecule has 1 amide bonds. The van der Waals surface area contributed by atoms with Gasteiger partial charge in [-0.3, -0.25) is 4.79 Å². The summed E-state index contributed by atoms with van der Waals surface area (Å²) in [5.41, 5.74) is -0.0660. The Morgan fingerprint density at radius 1 is 1.40 bits per heavy atom. The van der Waals surface area contributed by atoms with Crippen molar-refractivity contribution in [3.63, 3.8) is 0 Å². The molecule has 0 aromatic heterocycles. The normalized spacial score (nSPS) is 26.3. The molecule has 2 fully saturated rings. The average molecular weight is 212 g/mol. The summed E-state index contributed by atoms with van der Waals surface area (Å²) < 4.78 is 5.77. The summed E-state index contributed by atoms with van der Waals surface area (Å²) in [6.45, 7) is 7.17. The Morgan fingerprint density at radius 3 is 2.67 bits per heavy atom. The number of nitrogens with one attached hydrogen (secondary N) is 1. The van der Waals surface area contributed by atoms with Gasteiger partial charge < -0.3 is 15.0 Å². The summed E-state index contributed by atoms with van der Waals surface area (Å²) in [6, 6.07) is 0.285. The summed E-state index contributed by atoms with van der Waals surface area (Å²) >= 11 is 0. The predicted molar refractivity (Wildman–Crippen MR) is 57.6 cm³/mol. The summed E-state index contributed by atoms with van der Waals surface area (Å²) in [4.78, 5) is 13.6. The van der Waals surface area contributed by atoms with Crippen molar-refractivity contribution in [3.8, 4) is 0 Å². The van der Waals surface area contributed by atoms with Gasteiger partial charge >= 0.3 is 0 Å². The van der Waals surface area contributed by atoms with E-state index in [1.807, 2.05) is 4.90 Å². The Kier molecular flexibility index (Phi) is 2.98. The van der Waals surface area contributed by atoms with Crippen LogP contribution in [0.2, 0.25) is 0 Å². The third-order valence-corrected chi connectivity index (χ3v) is 3.42. The second-order valence-corrected chi connectivity index (χ2v) is 4.84. The van der Waals surface area contributed by atoms with Gasteiger partial charge in [-0.1, -0.05) is 0 Å². The van der Waals surface area contributed by atoms with Crippen LogP contribution in [0.15, 0.2) is 0 Å². The molecule has 86 valence electrons. The minimum Gasteiger partial charge on any atom is -0.363 e. The molecule has 1 N–H and O–H groups in total. The molecule has 4 nitrogen and oxygen atoms in total. The number of carbonyl (C=O) groups excluding carboxylic acids is 1. The third-order valence-electron chi connectivity index (χ3n) is 3.42. The maximum atomic E-state index is 11.6. The van der Waals surface area contributed by atoms with Crippen LogP contribution in [0.1, 0.15) is 26.7 Å². The summed E-state index contributed by atoms with van der Waals surface area (Å²) in [5.74, 6) is 0.133. The first-order valence-electron chi connectivity index (χ1n) is 5.77. The smallest absolute Gasteiger partial charge is 0.248 e. The molecule has 0 unspecified atom stereocenters. The van der Waals surface area contributed by atoms with Gasteiger partial charge in [0.15, 0.2) is 0 Å². The minimum absolute atomic E-state index is 0.0660. The van der Waals surface area contributed by atoms with Crippen molar-refractivity contribution in [2.75, 3.05) is 26.2 Å². The number of nitrogens with zero attached hydrogens (tertiary/aromatic N) is 1. The van der Waals surface area contributed by atoms with Crippen LogP contribution >= 0.6 is 0 Å². The van der Waals surface area contributed by atoms with Gasteiger partial charge in [0, 0.05) is 6.04 Å². The first-order chi connectivity index (χ1) is 7.13. The van der Waals surface area contributed by atoms with E-state index in [1.54, 1.807) is 0 Å². The molecule has 4 heteroatoms. The molecule has 0 bridgehead atoms. The first kappa shape index (κ1) is 10.9. The van der Waals surface area contributed by atoms with Crippen LogP contribution < -0.4 is 5.32 Å². The molecule has 2 aliphatic heterocycles. The van der Waals surface area contributed by atoms with Gasteiger partial charge in [0.25, 0.3) is 0 Å². The van der Waals surface area contributed by atoms with Crippen LogP contribution in [-0.2, 0) is 9.53 Å². The standard InChI is InChI=1S/C11H20N2O2/c1-9(2)13-8-11(15-7-10(13)14)3-5-12-6-4-11/h9,12H,3-8H2,1-2H3. The van der Waals surface area contributed by atoms with Crippen LogP contribution in [0.5, 0.6) is 0 Å². The lowest BCUT2D eigenvalue weighted by Crippen LogP contribution is -2.59. The number of carbonyl (C=O) groups is 1. The molecular formula is C11H20N2O2. The van der Waals surface area contributed by atoms with Crippen molar-refractivity contribution in [1.82, 2.24) is 10.2 Å². The fourth-order valence-electron chi connectivity index (χ4n) is 2.40. The van der Waals surface area contributed by atoms with E-state index < -0.39 is 0 Å². The Labute approximate surface area is 91.0 Å². The van der Waals surface area contributed by atoms with E-state index in [-0.39, 0.29) is 24.2 Å². The van der Waals surface area contributed by atoms with Gasteiger partial charge in [0.2, 0.25) is 5.91 Å². The Morgan fingerprint density at radius 2 is 2.07 bits per heavy atom. The molecule has 0 aromatic rings. The van der Waals surface area contributed by atoms with Crippen molar-refractivity contribution in [2.45, 2.75) is 38.3 Å². The minimum atomic E-state index is -0.0660. The molecule has 2 saturated heterocycles. The summed E-state index contributed by atoms with van der Waals surface area (Å²) in [5, 5.41) is 3.33. The summed E-state index contributed by atoms with van der Waals surface area (Å²) in [6.07, 6.45) is 2.03. The number of ether oxygens (including phenoxy) is 1. The molecule has 1 spiro atoms. The lowest BCUT2D eigenvalue weighted by atomic mass is 9.90. The quantitative estimate of drug-likeness (QED) is 0.683. The van der Waals surface area contributed by atoms with E-state index in [4.69, 9.17) is 4.74 Å². The maximum absolute atomic E-state index is 11.6. The second kappa shape index (κ2) is 4.10. The van der Waals surface area contributed by atoms with Crippen LogP contribution in [0.25, 0.3) is 0 Å². The lowest BCUT2D eigenvalue weighted by molar-refractivity contribution is -0.170. The highest BCUT2D eigenvalue weighted by Gasteiger charge is 2.41. The Hall–Kier alpha value is -0.610. The van der Waals surface area contributed by atoms with Crippen molar-refractivity contribution in [3.05, 3.63) is 0 Å². The molecule has 0 atom stereocenters. The predicted octanol–water partition coefficient (Wildman–Crippen LogP) is 0.376. The monoisotopic (exact) mass is 212 g/mol. The molecule has 0 saturated carbocycles. The van der Waals surface area contributed by atoms with E-state index in [1.165, 1.54) is 0 Å². The van der Waals surface area contributed by atoms with Crippen molar-refractivity contribution < 1.29 is 9.53 Å². The summed E-state index contributed by atoms with van der Waals surface area (Å²) in [7, 11) is 0. The highest BCUT2D eigenvalue weighted by Crippen LogP contribution is 2.28. The molecular weight excluding hydrogens is 192 g/mol. The molecule has 0 radical (unpaired) electrons. The van der Waals surface area contributed by atoms with Gasteiger partial charge in [-0.15, -0.1) is 0 Å². The van der Waals surface area contributed by atoms with Gasteiger partial charge in [-0.2, -0.15) is 0 Å². The van der Waals surface area contributed by atoms with Crippen LogP contribution in [0, 0.1) is 0 Å². The zero-order valence-corrected chi connectivity index (χ0v) is 9.58. The largest absolute Gasteiger partial charge is 0.363 e. The fourth-order valence-corrected chi connectivity index (χ4v) is 2.40. The fraction of sp³-hybridized carbons (Fsp3) is 0.909. The number of hydrogen-bond acceptors (Lipinski definition) is 3. The molecule has 2 aliphatic rings. The number of piperidine rings is 1. The average Bonchev–Trinajstić information content (AvgIpc) is 2.23. The zero-order valence-electron chi connectivity index (χ0n) is 9.58. The van der Waals surface area contributed by atoms with Gasteiger partial charge in [0.05, 0.1) is 12.1 Å². The second-order valence-electron chi connectivity index (χ2n) is 4.84. The molecule has 0 aliphatic carbocycles. The lowest BCUT2D eigenvalue weighted by Gasteiger charge is -2.46. The van der Waals surface area contributed by atoms with E-state index >= 15 is 0 Å². The van der Waals surface area contributed by atoms with E-state index in [2.05, 4.69) is 19.2 Å².